The molecule has 3 heteroatoms. The molecule has 0 bridgehead atoms. The summed E-state index contributed by atoms with van der Waals surface area (Å²) in [6.45, 7) is 4.04. The van der Waals surface area contributed by atoms with E-state index in [0.717, 1.165) is 12.8 Å². The molecule has 0 aliphatic rings. The van der Waals surface area contributed by atoms with Gasteiger partial charge in [0, 0.05) is 6.04 Å². The maximum absolute atomic E-state index is 10.6. The van der Waals surface area contributed by atoms with Crippen molar-refractivity contribution in [1.82, 2.24) is 5.32 Å². The van der Waals surface area contributed by atoms with E-state index in [4.69, 9.17) is 0 Å². The predicted molar refractivity (Wildman–Crippen MR) is 39.9 cm³/mol. The van der Waals surface area contributed by atoms with Crippen molar-refractivity contribution in [1.29, 1.82) is 0 Å². The van der Waals surface area contributed by atoms with Crippen molar-refractivity contribution in [2.75, 3.05) is 7.11 Å². The Morgan fingerprint density at radius 1 is 1.70 bits per heavy atom. The van der Waals surface area contributed by atoms with Gasteiger partial charge in [0.05, 0.1) is 7.11 Å². The van der Waals surface area contributed by atoms with Gasteiger partial charge in [0.2, 0.25) is 0 Å². The summed E-state index contributed by atoms with van der Waals surface area (Å²) in [4.78, 5) is 10.6. The zero-order valence-electron chi connectivity index (χ0n) is 6.81. The van der Waals surface area contributed by atoms with Crippen LogP contribution in [0.3, 0.4) is 0 Å². The minimum Gasteiger partial charge on any atom is -0.453 e. The summed E-state index contributed by atoms with van der Waals surface area (Å²) in [7, 11) is 1.37. The van der Waals surface area contributed by atoms with E-state index >= 15 is 0 Å². The lowest BCUT2D eigenvalue weighted by Gasteiger charge is -2.10. The molecule has 0 fully saturated rings. The minimum atomic E-state index is -0.346. The van der Waals surface area contributed by atoms with Crippen LogP contribution in [-0.2, 0) is 4.74 Å². The summed E-state index contributed by atoms with van der Waals surface area (Å²) >= 11 is 0. The van der Waals surface area contributed by atoms with E-state index in [-0.39, 0.29) is 12.1 Å². The van der Waals surface area contributed by atoms with Gasteiger partial charge in [-0.3, -0.25) is 0 Å². The number of carbonyl (C=O) groups is 1. The molecule has 0 aromatic rings. The molecule has 0 unspecified atom stereocenters. The molecule has 0 aliphatic heterocycles. The number of hydrogen-bond donors (Lipinski definition) is 1. The number of nitrogens with one attached hydrogen (secondary N) is 1. The van der Waals surface area contributed by atoms with E-state index in [0.29, 0.717) is 0 Å². The number of ether oxygens (including phenoxy) is 1. The van der Waals surface area contributed by atoms with Gasteiger partial charge in [-0.2, -0.15) is 0 Å². The Morgan fingerprint density at radius 3 is 2.70 bits per heavy atom. The van der Waals surface area contributed by atoms with Crippen molar-refractivity contribution in [2.24, 2.45) is 0 Å². The highest BCUT2D eigenvalue weighted by Gasteiger charge is 2.03. The Balaban J connectivity index is 3.37. The molecule has 10 heavy (non-hydrogen) atoms. The molecule has 0 saturated carbocycles. The Kier molecular flexibility index (Phi) is 4.72. The molecule has 1 N–H and O–H groups in total. The van der Waals surface area contributed by atoms with Gasteiger partial charge in [-0.05, 0) is 13.3 Å². The second-order valence-electron chi connectivity index (χ2n) is 2.33. The summed E-state index contributed by atoms with van der Waals surface area (Å²) in [5.41, 5.74) is 0. The first-order valence-electron chi connectivity index (χ1n) is 3.55. The molecule has 0 radical (unpaired) electrons. The summed E-state index contributed by atoms with van der Waals surface area (Å²) < 4.78 is 4.42. The minimum absolute atomic E-state index is 0.220. The summed E-state index contributed by atoms with van der Waals surface area (Å²) in [6.07, 6.45) is 1.72. The van der Waals surface area contributed by atoms with E-state index in [9.17, 15) is 4.79 Å². The van der Waals surface area contributed by atoms with Crippen LogP contribution in [0.15, 0.2) is 0 Å². The quantitative estimate of drug-likeness (QED) is 0.654. The lowest BCUT2D eigenvalue weighted by molar-refractivity contribution is 0.167. The average Bonchev–Trinajstić information content (AvgIpc) is 1.88. The maximum atomic E-state index is 10.6. The Bertz CT molecular complexity index is 104. The Labute approximate surface area is 61.8 Å². The van der Waals surface area contributed by atoms with Gasteiger partial charge in [-0.15, -0.1) is 0 Å². The predicted octanol–water partition coefficient (Wildman–Crippen LogP) is 1.53. The lowest BCUT2D eigenvalue weighted by atomic mass is 10.2. The van der Waals surface area contributed by atoms with E-state index in [1.54, 1.807) is 0 Å². The van der Waals surface area contributed by atoms with Gasteiger partial charge >= 0.3 is 6.09 Å². The average molecular weight is 145 g/mol. The number of hydrogen-bond acceptors (Lipinski definition) is 2. The zero-order chi connectivity index (χ0) is 7.98. The number of amides is 1. The van der Waals surface area contributed by atoms with Crippen molar-refractivity contribution in [3.05, 3.63) is 0 Å². The van der Waals surface area contributed by atoms with Crippen LogP contribution in [0.5, 0.6) is 0 Å². The fourth-order valence-electron chi connectivity index (χ4n) is 0.765. The molecule has 1 amide bonds. The largest absolute Gasteiger partial charge is 0.453 e. The fourth-order valence-corrected chi connectivity index (χ4v) is 0.765. The molecule has 0 rings (SSSR count). The molecular formula is C7H15NO2. The van der Waals surface area contributed by atoms with Gasteiger partial charge < -0.3 is 10.1 Å². The summed E-state index contributed by atoms with van der Waals surface area (Å²) in [6, 6.07) is 0.220. The highest BCUT2D eigenvalue weighted by atomic mass is 16.5. The molecule has 0 aromatic carbocycles. The Morgan fingerprint density at radius 2 is 2.30 bits per heavy atom. The summed E-state index contributed by atoms with van der Waals surface area (Å²) in [5, 5.41) is 2.67. The first-order valence-corrected chi connectivity index (χ1v) is 3.55. The molecule has 0 saturated heterocycles. The van der Waals surface area contributed by atoms with Crippen LogP contribution in [-0.4, -0.2) is 19.2 Å². The number of alkyl carbamates (subject to hydrolysis) is 1. The molecule has 0 aliphatic carbocycles. The fraction of sp³-hybridized carbons (Fsp3) is 0.857. The van der Waals surface area contributed by atoms with Gasteiger partial charge in [0.1, 0.15) is 0 Å². The van der Waals surface area contributed by atoms with Crippen LogP contribution < -0.4 is 5.32 Å². The highest BCUT2D eigenvalue weighted by molar-refractivity contribution is 5.67. The SMILES string of the molecule is CCC[C@H](C)NC(=O)OC. The maximum Gasteiger partial charge on any atom is 0.407 e. The van der Waals surface area contributed by atoms with Gasteiger partial charge in [-0.25, -0.2) is 4.79 Å². The molecule has 1 atom stereocenters. The second kappa shape index (κ2) is 5.09. The standard InChI is InChI=1S/C7H15NO2/c1-4-5-6(2)8-7(9)10-3/h6H,4-5H2,1-3H3,(H,8,9)/t6-/m0/s1. The third-order valence-corrected chi connectivity index (χ3v) is 1.27. The monoisotopic (exact) mass is 145 g/mol. The van der Waals surface area contributed by atoms with E-state index in [2.05, 4.69) is 17.0 Å². The zero-order valence-corrected chi connectivity index (χ0v) is 6.81. The molecule has 60 valence electrons. The third-order valence-electron chi connectivity index (χ3n) is 1.27. The van der Waals surface area contributed by atoms with E-state index in [1.165, 1.54) is 7.11 Å². The first-order chi connectivity index (χ1) is 4.70. The number of carbonyl (C=O) groups excluding carboxylic acids is 1. The van der Waals surface area contributed by atoms with Crippen molar-refractivity contribution >= 4 is 6.09 Å². The van der Waals surface area contributed by atoms with Crippen molar-refractivity contribution in [2.45, 2.75) is 32.7 Å². The number of rotatable bonds is 3. The van der Waals surface area contributed by atoms with Crippen LogP contribution in [0.2, 0.25) is 0 Å². The summed E-state index contributed by atoms with van der Waals surface area (Å²) in [5.74, 6) is 0. The van der Waals surface area contributed by atoms with Crippen molar-refractivity contribution < 1.29 is 9.53 Å². The van der Waals surface area contributed by atoms with Gasteiger partial charge in [0.25, 0.3) is 0 Å². The van der Waals surface area contributed by atoms with E-state index < -0.39 is 0 Å². The molecule has 0 heterocycles. The van der Waals surface area contributed by atoms with Crippen LogP contribution in [0.4, 0.5) is 4.79 Å². The number of methoxy groups -OCH3 is 1. The van der Waals surface area contributed by atoms with Crippen LogP contribution in [0, 0.1) is 0 Å². The van der Waals surface area contributed by atoms with Gasteiger partial charge in [-0.1, -0.05) is 13.3 Å². The smallest absolute Gasteiger partial charge is 0.407 e. The normalized spacial score (nSPS) is 12.3. The van der Waals surface area contributed by atoms with Crippen molar-refractivity contribution in [3.8, 4) is 0 Å². The second-order valence-corrected chi connectivity index (χ2v) is 2.33. The van der Waals surface area contributed by atoms with Crippen molar-refractivity contribution in [3.63, 3.8) is 0 Å². The molecular weight excluding hydrogens is 130 g/mol. The highest BCUT2D eigenvalue weighted by Crippen LogP contribution is 1.94. The van der Waals surface area contributed by atoms with Crippen LogP contribution >= 0.6 is 0 Å². The van der Waals surface area contributed by atoms with Gasteiger partial charge in [0.15, 0.2) is 0 Å². The first kappa shape index (κ1) is 9.27. The van der Waals surface area contributed by atoms with Crippen LogP contribution in [0.25, 0.3) is 0 Å². The van der Waals surface area contributed by atoms with Crippen LogP contribution in [0.1, 0.15) is 26.7 Å². The molecule has 0 aromatic heterocycles. The molecule has 3 nitrogen and oxygen atoms in total. The van der Waals surface area contributed by atoms with E-state index in [1.807, 2.05) is 6.92 Å². The lowest BCUT2D eigenvalue weighted by Crippen LogP contribution is -2.32. The third kappa shape index (κ3) is 4.18. The topological polar surface area (TPSA) is 38.3 Å². The molecule has 0 spiro atoms. The Hall–Kier alpha value is -0.730.